The van der Waals surface area contributed by atoms with E-state index in [4.69, 9.17) is 0 Å². The molecule has 0 spiro atoms. The summed E-state index contributed by atoms with van der Waals surface area (Å²) >= 11 is 0. The maximum Gasteiger partial charge on any atom is 0.123 e. The topological polar surface area (TPSA) is 41.3 Å². The molecule has 1 aliphatic rings. The summed E-state index contributed by atoms with van der Waals surface area (Å²) in [7, 11) is 0. The zero-order chi connectivity index (χ0) is 15.7. The van der Waals surface area contributed by atoms with Gasteiger partial charge in [0, 0.05) is 36.9 Å². The molecule has 1 aromatic carbocycles. The van der Waals surface area contributed by atoms with E-state index in [1.807, 2.05) is 23.1 Å². The summed E-state index contributed by atoms with van der Waals surface area (Å²) in [4.78, 5) is 2.20. The average Bonchev–Trinajstić information content (AvgIpc) is 3.06. The summed E-state index contributed by atoms with van der Waals surface area (Å²) in [5, 5.41) is 14.4. The van der Waals surface area contributed by atoms with Crippen LogP contribution in [0.4, 0.5) is 4.39 Å². The van der Waals surface area contributed by atoms with Gasteiger partial charge in [-0.15, -0.1) is 0 Å². The number of nitrogens with zero attached hydrogens (tertiary/aromatic N) is 3. The van der Waals surface area contributed by atoms with Crippen LogP contribution in [0.2, 0.25) is 0 Å². The van der Waals surface area contributed by atoms with Gasteiger partial charge in [-0.05, 0) is 38.0 Å². The summed E-state index contributed by atoms with van der Waals surface area (Å²) < 4.78 is 15.4. The van der Waals surface area contributed by atoms with Crippen LogP contribution in [-0.4, -0.2) is 32.4 Å². The average molecular weight is 303 g/mol. The predicted octanol–water partition coefficient (Wildman–Crippen LogP) is 2.91. The molecule has 0 unspecified atom stereocenters. The van der Waals surface area contributed by atoms with Crippen molar-refractivity contribution < 1.29 is 9.50 Å². The third kappa shape index (κ3) is 3.20. The molecule has 0 bridgehead atoms. The molecule has 1 saturated heterocycles. The van der Waals surface area contributed by atoms with Gasteiger partial charge in [-0.25, -0.2) is 4.39 Å². The highest BCUT2D eigenvalue weighted by Gasteiger charge is 2.32. The van der Waals surface area contributed by atoms with Crippen LogP contribution in [0.3, 0.4) is 0 Å². The highest BCUT2D eigenvalue weighted by atomic mass is 19.1. The van der Waals surface area contributed by atoms with E-state index >= 15 is 0 Å². The molecule has 5 heteroatoms. The van der Waals surface area contributed by atoms with Crippen molar-refractivity contribution in [1.29, 1.82) is 0 Å². The van der Waals surface area contributed by atoms with Gasteiger partial charge in [0.05, 0.1) is 12.3 Å². The summed E-state index contributed by atoms with van der Waals surface area (Å²) in [6.45, 7) is 5.50. The van der Waals surface area contributed by atoms with Crippen LogP contribution < -0.4 is 0 Å². The van der Waals surface area contributed by atoms with Crippen molar-refractivity contribution in [2.75, 3.05) is 6.54 Å². The highest BCUT2D eigenvalue weighted by molar-refractivity contribution is 5.22. The molecular formula is C17H22FN3O. The highest BCUT2D eigenvalue weighted by Crippen LogP contribution is 2.33. The van der Waals surface area contributed by atoms with Crippen molar-refractivity contribution in [3.63, 3.8) is 0 Å². The second-order valence-corrected chi connectivity index (χ2v) is 6.31. The van der Waals surface area contributed by atoms with Crippen molar-refractivity contribution in [1.82, 2.24) is 14.7 Å². The molecule has 0 radical (unpaired) electrons. The van der Waals surface area contributed by atoms with Gasteiger partial charge in [-0.1, -0.05) is 12.1 Å². The number of aliphatic hydroxyl groups excluding tert-OH is 1. The summed E-state index contributed by atoms with van der Waals surface area (Å²) in [6, 6.07) is 7.05. The molecule has 118 valence electrons. The van der Waals surface area contributed by atoms with Crippen LogP contribution in [0.1, 0.15) is 43.5 Å². The lowest BCUT2D eigenvalue weighted by Gasteiger charge is -2.24. The molecule has 22 heavy (non-hydrogen) atoms. The standard InChI is InChI=1S/C17H22FN3O/c1-12(2)21-10-13(8-19-21)9-20-11-16(22)7-17(20)14-4-3-5-15(18)6-14/h3-6,8,10,12,16-17,22H,7,9,11H2,1-2H3/t16-,17-/m1/s1. The van der Waals surface area contributed by atoms with E-state index in [1.54, 1.807) is 12.1 Å². The van der Waals surface area contributed by atoms with Crippen LogP contribution in [0.25, 0.3) is 0 Å². The van der Waals surface area contributed by atoms with Gasteiger partial charge in [-0.2, -0.15) is 5.10 Å². The number of halogens is 1. The van der Waals surface area contributed by atoms with Crippen molar-refractivity contribution >= 4 is 0 Å². The Hall–Kier alpha value is -1.72. The van der Waals surface area contributed by atoms with Gasteiger partial charge in [0.15, 0.2) is 0 Å². The lowest BCUT2D eigenvalue weighted by Crippen LogP contribution is -2.24. The number of likely N-dealkylation sites (tertiary alicyclic amines) is 1. The number of aliphatic hydroxyl groups is 1. The Morgan fingerprint density at radius 1 is 1.41 bits per heavy atom. The largest absolute Gasteiger partial charge is 0.392 e. The summed E-state index contributed by atoms with van der Waals surface area (Å²) in [5.74, 6) is -0.230. The fourth-order valence-electron chi connectivity index (χ4n) is 3.09. The molecule has 2 heterocycles. The molecule has 3 rings (SSSR count). The molecule has 1 aromatic heterocycles. The number of hydrogen-bond acceptors (Lipinski definition) is 3. The van der Waals surface area contributed by atoms with Crippen molar-refractivity contribution in [3.8, 4) is 0 Å². The van der Waals surface area contributed by atoms with E-state index in [0.717, 1.165) is 11.1 Å². The minimum absolute atomic E-state index is 0.0492. The molecule has 1 N–H and O–H groups in total. The van der Waals surface area contributed by atoms with E-state index in [0.29, 0.717) is 25.6 Å². The SMILES string of the molecule is CC(C)n1cc(CN2C[C@H](O)C[C@@H]2c2cccc(F)c2)cn1. The Bertz CT molecular complexity index is 640. The molecule has 4 nitrogen and oxygen atoms in total. The molecular weight excluding hydrogens is 281 g/mol. The normalized spacial score (nSPS) is 22.6. The number of aromatic nitrogens is 2. The molecule has 0 saturated carbocycles. The quantitative estimate of drug-likeness (QED) is 0.944. The molecule has 2 aromatic rings. The second kappa shape index (κ2) is 6.18. The molecule has 0 amide bonds. The maximum atomic E-state index is 13.5. The minimum Gasteiger partial charge on any atom is -0.392 e. The van der Waals surface area contributed by atoms with Gasteiger partial charge in [0.1, 0.15) is 5.82 Å². The summed E-state index contributed by atoms with van der Waals surface area (Å²) in [5.41, 5.74) is 2.04. The predicted molar refractivity (Wildman–Crippen MR) is 82.8 cm³/mol. The first-order valence-electron chi connectivity index (χ1n) is 7.73. The first-order valence-corrected chi connectivity index (χ1v) is 7.73. The Morgan fingerprint density at radius 3 is 2.91 bits per heavy atom. The first kappa shape index (κ1) is 15.2. The Balaban J connectivity index is 1.78. The van der Waals surface area contributed by atoms with E-state index in [2.05, 4.69) is 23.8 Å². The number of hydrogen-bond donors (Lipinski definition) is 1. The third-order valence-corrected chi connectivity index (χ3v) is 4.18. The number of β-amino-alcohol motifs (C(OH)–C–C–N with tert-alkyl or cyclic N) is 1. The van der Waals surface area contributed by atoms with Crippen LogP contribution in [0, 0.1) is 5.82 Å². The number of rotatable bonds is 4. The van der Waals surface area contributed by atoms with Crippen LogP contribution >= 0.6 is 0 Å². The van der Waals surface area contributed by atoms with Crippen LogP contribution in [0.15, 0.2) is 36.7 Å². The third-order valence-electron chi connectivity index (χ3n) is 4.18. The first-order chi connectivity index (χ1) is 10.5. The molecule has 2 atom stereocenters. The zero-order valence-electron chi connectivity index (χ0n) is 13.0. The van der Waals surface area contributed by atoms with Gasteiger partial charge in [0.2, 0.25) is 0 Å². The lowest BCUT2D eigenvalue weighted by molar-refractivity contribution is 0.172. The van der Waals surface area contributed by atoms with Crippen molar-refractivity contribution in [2.45, 2.75) is 45.0 Å². The molecule has 1 aliphatic heterocycles. The van der Waals surface area contributed by atoms with Crippen molar-refractivity contribution in [3.05, 3.63) is 53.6 Å². The zero-order valence-corrected chi connectivity index (χ0v) is 13.0. The van der Waals surface area contributed by atoms with Gasteiger partial charge in [-0.3, -0.25) is 9.58 Å². The molecule has 0 aliphatic carbocycles. The Labute approximate surface area is 130 Å². The minimum atomic E-state index is -0.367. The fourth-order valence-corrected chi connectivity index (χ4v) is 3.09. The molecule has 1 fully saturated rings. The second-order valence-electron chi connectivity index (χ2n) is 6.31. The van der Waals surface area contributed by atoms with Crippen molar-refractivity contribution in [2.24, 2.45) is 0 Å². The monoisotopic (exact) mass is 303 g/mol. The van der Waals surface area contributed by atoms with Gasteiger partial charge >= 0.3 is 0 Å². The van der Waals surface area contributed by atoms with Crippen LogP contribution in [0.5, 0.6) is 0 Å². The smallest absolute Gasteiger partial charge is 0.123 e. The Morgan fingerprint density at radius 2 is 2.23 bits per heavy atom. The van der Waals surface area contributed by atoms with E-state index < -0.39 is 0 Å². The van der Waals surface area contributed by atoms with Gasteiger partial charge in [0.25, 0.3) is 0 Å². The lowest BCUT2D eigenvalue weighted by atomic mass is 10.0. The summed E-state index contributed by atoms with van der Waals surface area (Å²) in [6.07, 6.45) is 4.18. The van der Waals surface area contributed by atoms with Crippen LogP contribution in [-0.2, 0) is 6.54 Å². The Kier molecular flexibility index (Phi) is 4.27. The van der Waals surface area contributed by atoms with E-state index in [1.165, 1.54) is 6.07 Å². The van der Waals surface area contributed by atoms with E-state index in [9.17, 15) is 9.50 Å². The maximum absolute atomic E-state index is 13.5. The van der Waals surface area contributed by atoms with E-state index in [-0.39, 0.29) is 18.0 Å². The van der Waals surface area contributed by atoms with Gasteiger partial charge < -0.3 is 5.11 Å². The fraction of sp³-hybridized carbons (Fsp3) is 0.471. The number of benzene rings is 1.